The number of ether oxygens (including phenoxy) is 1. The predicted octanol–water partition coefficient (Wildman–Crippen LogP) is 3.24. The third-order valence-electron chi connectivity index (χ3n) is 6.47. The maximum absolute atomic E-state index is 15.3. The summed E-state index contributed by atoms with van der Waals surface area (Å²) in [6.45, 7) is 4.30. The molecule has 0 fully saturated rings. The molecule has 0 amide bonds. The molecule has 0 bridgehead atoms. The van der Waals surface area contributed by atoms with Crippen LogP contribution in [0.1, 0.15) is 35.3 Å². The molecule has 172 valence electrons. The highest BCUT2D eigenvalue weighted by Gasteiger charge is 2.30. The zero-order chi connectivity index (χ0) is 23.3. The van der Waals surface area contributed by atoms with E-state index in [-0.39, 0.29) is 35.2 Å². The van der Waals surface area contributed by atoms with Crippen LogP contribution < -0.4 is 26.1 Å². The van der Waals surface area contributed by atoms with Crippen LogP contribution in [0.15, 0.2) is 35.3 Å². The molecule has 2 aromatic carbocycles. The molecule has 4 N–H and O–H groups in total. The molecule has 8 nitrogen and oxygen atoms in total. The number of para-hydroxylation sites is 1. The predicted molar refractivity (Wildman–Crippen MR) is 125 cm³/mol. The Labute approximate surface area is 189 Å². The van der Waals surface area contributed by atoms with E-state index in [0.717, 1.165) is 25.9 Å². The Bertz CT molecular complexity index is 1340. The minimum Gasteiger partial charge on any atom is -0.487 e. The molecule has 0 saturated heterocycles. The Balaban J connectivity index is 1.45. The first-order valence-electron chi connectivity index (χ1n) is 11.0. The van der Waals surface area contributed by atoms with Crippen molar-refractivity contribution >= 4 is 33.9 Å². The molecule has 3 aromatic rings. The van der Waals surface area contributed by atoms with Gasteiger partial charge in [0.2, 0.25) is 5.43 Å². The summed E-state index contributed by atoms with van der Waals surface area (Å²) >= 11 is 0. The van der Waals surface area contributed by atoms with Gasteiger partial charge in [-0.05, 0) is 31.4 Å². The topological polar surface area (TPSA) is 110 Å². The number of aromatic nitrogens is 1. The summed E-state index contributed by atoms with van der Waals surface area (Å²) in [5.74, 6) is -1.99. The van der Waals surface area contributed by atoms with Crippen molar-refractivity contribution in [3.05, 3.63) is 57.6 Å². The number of hydrogen-bond acceptors (Lipinski definition) is 6. The maximum atomic E-state index is 15.3. The highest BCUT2D eigenvalue weighted by molar-refractivity contribution is 6.03. The molecule has 2 aliphatic heterocycles. The van der Waals surface area contributed by atoms with Crippen molar-refractivity contribution < 1.29 is 19.0 Å². The molecule has 0 unspecified atom stereocenters. The summed E-state index contributed by atoms with van der Waals surface area (Å²) in [6.07, 6.45) is 3.06. The Morgan fingerprint density at radius 2 is 2.15 bits per heavy atom. The normalized spacial score (nSPS) is 16.5. The van der Waals surface area contributed by atoms with E-state index in [1.165, 1.54) is 17.4 Å². The molecule has 9 heteroatoms. The fraction of sp³-hybridized carbons (Fsp3) is 0.333. The number of hydrogen-bond donors (Lipinski definition) is 3. The van der Waals surface area contributed by atoms with Gasteiger partial charge in [0.25, 0.3) is 0 Å². The maximum Gasteiger partial charge on any atom is 0.341 e. The molecule has 3 heterocycles. The van der Waals surface area contributed by atoms with E-state index in [1.54, 1.807) is 4.57 Å². The number of pyridine rings is 1. The molecule has 0 spiro atoms. The Morgan fingerprint density at radius 3 is 2.94 bits per heavy atom. The van der Waals surface area contributed by atoms with Crippen molar-refractivity contribution in [3.63, 3.8) is 0 Å². The van der Waals surface area contributed by atoms with Gasteiger partial charge in [0, 0.05) is 31.5 Å². The SMILES string of the molecule is C[C@H]1COc2c(NCCCN3CCc4ccccc43)c(F)c(N)c3c(=O)c(C(=O)O)cn1c23. The number of aromatic carboxylic acids is 1. The van der Waals surface area contributed by atoms with Gasteiger partial charge in [-0.1, -0.05) is 18.2 Å². The largest absolute Gasteiger partial charge is 0.487 e. The second-order valence-electron chi connectivity index (χ2n) is 8.55. The van der Waals surface area contributed by atoms with Gasteiger partial charge in [-0.2, -0.15) is 0 Å². The number of nitrogens with two attached hydrogens (primary N) is 1. The fourth-order valence-electron chi connectivity index (χ4n) is 4.78. The van der Waals surface area contributed by atoms with Gasteiger partial charge in [0.15, 0.2) is 11.6 Å². The van der Waals surface area contributed by atoms with Gasteiger partial charge >= 0.3 is 5.97 Å². The number of halogens is 1. The monoisotopic (exact) mass is 452 g/mol. The van der Waals surface area contributed by atoms with E-state index in [2.05, 4.69) is 22.3 Å². The number of carbonyl (C=O) groups is 1. The van der Waals surface area contributed by atoms with Crippen molar-refractivity contribution in [2.75, 3.05) is 42.2 Å². The van der Waals surface area contributed by atoms with Crippen LogP contribution in [0.2, 0.25) is 0 Å². The van der Waals surface area contributed by atoms with Crippen LogP contribution in [0.3, 0.4) is 0 Å². The van der Waals surface area contributed by atoms with Gasteiger partial charge in [0.05, 0.1) is 22.6 Å². The first-order chi connectivity index (χ1) is 15.9. The first kappa shape index (κ1) is 21.1. The summed E-state index contributed by atoms with van der Waals surface area (Å²) in [7, 11) is 0. The van der Waals surface area contributed by atoms with Gasteiger partial charge in [-0.25, -0.2) is 9.18 Å². The van der Waals surface area contributed by atoms with Crippen LogP contribution in [0.25, 0.3) is 10.9 Å². The lowest BCUT2D eigenvalue weighted by molar-refractivity contribution is 0.0694. The minimum atomic E-state index is -1.38. The molecule has 33 heavy (non-hydrogen) atoms. The summed E-state index contributed by atoms with van der Waals surface area (Å²) in [4.78, 5) is 26.7. The number of benzene rings is 2. The average molecular weight is 452 g/mol. The Morgan fingerprint density at radius 1 is 1.36 bits per heavy atom. The lowest BCUT2D eigenvalue weighted by Crippen LogP contribution is -2.28. The third kappa shape index (κ3) is 3.35. The second-order valence-corrected chi connectivity index (χ2v) is 8.55. The fourth-order valence-corrected chi connectivity index (χ4v) is 4.78. The molecule has 0 radical (unpaired) electrons. The van der Waals surface area contributed by atoms with Crippen molar-refractivity contribution in [1.82, 2.24) is 4.57 Å². The summed E-state index contributed by atoms with van der Waals surface area (Å²) in [5, 5.41) is 12.4. The van der Waals surface area contributed by atoms with Crippen molar-refractivity contribution in [2.45, 2.75) is 25.8 Å². The minimum absolute atomic E-state index is 0.102. The average Bonchev–Trinajstić information content (AvgIpc) is 3.21. The van der Waals surface area contributed by atoms with Crippen LogP contribution in [-0.4, -0.2) is 41.9 Å². The molecule has 0 aliphatic carbocycles. The number of nitrogens with zero attached hydrogens (tertiary/aromatic N) is 2. The highest BCUT2D eigenvalue weighted by Crippen LogP contribution is 2.43. The number of rotatable bonds is 6. The van der Waals surface area contributed by atoms with Crippen LogP contribution in [-0.2, 0) is 6.42 Å². The lowest BCUT2D eigenvalue weighted by Gasteiger charge is -2.29. The quantitative estimate of drug-likeness (QED) is 0.389. The van der Waals surface area contributed by atoms with Gasteiger partial charge in [-0.15, -0.1) is 0 Å². The summed E-state index contributed by atoms with van der Waals surface area (Å²) in [5.41, 5.74) is 7.39. The van der Waals surface area contributed by atoms with Crippen LogP contribution in [0.4, 0.5) is 21.5 Å². The number of anilines is 3. The van der Waals surface area contributed by atoms with E-state index < -0.39 is 22.8 Å². The van der Waals surface area contributed by atoms with Crippen molar-refractivity contribution in [3.8, 4) is 5.75 Å². The molecule has 5 rings (SSSR count). The van der Waals surface area contributed by atoms with Gasteiger partial charge < -0.3 is 30.4 Å². The van der Waals surface area contributed by atoms with Crippen LogP contribution >= 0.6 is 0 Å². The van der Waals surface area contributed by atoms with Crippen LogP contribution in [0.5, 0.6) is 5.75 Å². The van der Waals surface area contributed by atoms with Crippen molar-refractivity contribution in [1.29, 1.82) is 0 Å². The number of carboxylic acids is 1. The molecule has 1 atom stereocenters. The van der Waals surface area contributed by atoms with E-state index in [1.807, 2.05) is 19.1 Å². The molecular formula is C24H25FN4O4. The first-order valence-corrected chi connectivity index (χ1v) is 11.0. The third-order valence-corrected chi connectivity index (χ3v) is 6.47. The number of nitrogens with one attached hydrogen (secondary N) is 1. The molecular weight excluding hydrogens is 427 g/mol. The van der Waals surface area contributed by atoms with E-state index in [9.17, 15) is 14.7 Å². The lowest BCUT2D eigenvalue weighted by atomic mass is 10.0. The van der Waals surface area contributed by atoms with E-state index >= 15 is 4.39 Å². The van der Waals surface area contributed by atoms with Gasteiger partial charge in [0.1, 0.15) is 17.9 Å². The standard InChI is InChI=1S/C24H25FN4O4/c1-13-12-33-23-20(27-8-4-9-28-10-7-14-5-2-3-6-16(14)28)18(25)19(26)17-21(23)29(13)11-15(22(17)30)24(31)32/h2-3,5-6,11,13,27H,4,7-10,12,26H2,1H3,(H,31,32)/t13-/m0/s1. The Hall–Kier alpha value is -3.75. The summed E-state index contributed by atoms with van der Waals surface area (Å²) in [6, 6.07) is 8.08. The highest BCUT2D eigenvalue weighted by atomic mass is 19.1. The number of fused-ring (bicyclic) bond motifs is 1. The molecule has 1 aromatic heterocycles. The number of carboxylic acid groups (broad SMARTS) is 1. The van der Waals surface area contributed by atoms with E-state index in [0.29, 0.717) is 12.1 Å². The van der Waals surface area contributed by atoms with Gasteiger partial charge in [-0.3, -0.25) is 4.79 Å². The summed E-state index contributed by atoms with van der Waals surface area (Å²) < 4.78 is 22.8. The molecule has 0 saturated carbocycles. The van der Waals surface area contributed by atoms with E-state index in [4.69, 9.17) is 10.5 Å². The molecule has 2 aliphatic rings. The second kappa shape index (κ2) is 7.99. The smallest absolute Gasteiger partial charge is 0.341 e. The zero-order valence-corrected chi connectivity index (χ0v) is 18.2. The zero-order valence-electron chi connectivity index (χ0n) is 18.2. The van der Waals surface area contributed by atoms with Crippen LogP contribution in [0, 0.1) is 5.82 Å². The Kier molecular flexibility index (Phi) is 5.11. The number of nitrogen functional groups attached to an aromatic ring is 1. The van der Waals surface area contributed by atoms with Crippen molar-refractivity contribution in [2.24, 2.45) is 0 Å².